The topological polar surface area (TPSA) is 26.9 Å². The van der Waals surface area contributed by atoms with Gasteiger partial charge in [-0.3, -0.25) is 9.13 Å². The lowest BCUT2D eigenvalue weighted by Gasteiger charge is -2.08. The van der Waals surface area contributed by atoms with Crippen molar-refractivity contribution in [2.24, 2.45) is 0 Å². The standard InChI is InChI=1S/C21H13Cl3N2O/c22-15-4-8-18(9-5-15)25-13-20(14-2-1-3-17(24)12-14)26(21(25)27)19-10-6-16(23)7-11-19/h1-13H. The Balaban J connectivity index is 1.98. The molecule has 3 aromatic carbocycles. The van der Waals surface area contributed by atoms with Gasteiger partial charge in [-0.25, -0.2) is 4.79 Å². The third-order valence-electron chi connectivity index (χ3n) is 4.20. The van der Waals surface area contributed by atoms with Gasteiger partial charge in [0.1, 0.15) is 0 Å². The summed E-state index contributed by atoms with van der Waals surface area (Å²) in [6.45, 7) is 0. The minimum Gasteiger partial charge on any atom is -0.267 e. The Bertz CT molecular complexity index is 1160. The summed E-state index contributed by atoms with van der Waals surface area (Å²) < 4.78 is 3.22. The lowest BCUT2D eigenvalue weighted by atomic mass is 10.1. The van der Waals surface area contributed by atoms with Crippen LogP contribution in [0.1, 0.15) is 0 Å². The predicted molar refractivity (Wildman–Crippen MR) is 112 cm³/mol. The number of halogens is 3. The molecule has 0 spiro atoms. The molecule has 6 heteroatoms. The highest BCUT2D eigenvalue weighted by Crippen LogP contribution is 2.26. The van der Waals surface area contributed by atoms with Gasteiger partial charge in [-0.05, 0) is 60.7 Å². The molecule has 0 aliphatic heterocycles. The van der Waals surface area contributed by atoms with E-state index in [1.807, 2.05) is 30.3 Å². The number of benzene rings is 3. The second kappa shape index (κ2) is 7.28. The molecular formula is C21H13Cl3N2O. The van der Waals surface area contributed by atoms with Crippen molar-refractivity contribution in [2.75, 3.05) is 0 Å². The van der Waals surface area contributed by atoms with Gasteiger partial charge in [0, 0.05) is 26.8 Å². The van der Waals surface area contributed by atoms with Gasteiger partial charge in [0.25, 0.3) is 0 Å². The van der Waals surface area contributed by atoms with Crippen LogP contribution in [0.4, 0.5) is 0 Å². The molecule has 0 atom stereocenters. The molecule has 4 aromatic rings. The summed E-state index contributed by atoms with van der Waals surface area (Å²) in [7, 11) is 0. The SMILES string of the molecule is O=c1n(-c2ccc(Cl)cc2)cc(-c2cccc(Cl)c2)n1-c1ccc(Cl)cc1. The fourth-order valence-electron chi connectivity index (χ4n) is 2.92. The van der Waals surface area contributed by atoms with Crippen LogP contribution in [-0.4, -0.2) is 9.13 Å². The zero-order chi connectivity index (χ0) is 19.0. The Morgan fingerprint density at radius 3 is 1.85 bits per heavy atom. The van der Waals surface area contributed by atoms with Crippen LogP contribution in [0.2, 0.25) is 15.1 Å². The molecular weight excluding hydrogens is 403 g/mol. The largest absolute Gasteiger partial charge is 0.337 e. The third-order valence-corrected chi connectivity index (χ3v) is 4.94. The number of rotatable bonds is 3. The number of nitrogens with zero attached hydrogens (tertiary/aromatic N) is 2. The van der Waals surface area contributed by atoms with Gasteiger partial charge in [-0.15, -0.1) is 0 Å². The number of aromatic nitrogens is 2. The highest BCUT2D eigenvalue weighted by Gasteiger charge is 2.16. The van der Waals surface area contributed by atoms with Gasteiger partial charge in [0.05, 0.1) is 17.1 Å². The first-order valence-corrected chi connectivity index (χ1v) is 9.28. The molecule has 1 aromatic heterocycles. The second-order valence-electron chi connectivity index (χ2n) is 5.97. The molecule has 0 bridgehead atoms. The van der Waals surface area contributed by atoms with Crippen LogP contribution in [0.5, 0.6) is 0 Å². The van der Waals surface area contributed by atoms with Crippen molar-refractivity contribution in [1.29, 1.82) is 0 Å². The zero-order valence-electron chi connectivity index (χ0n) is 13.9. The van der Waals surface area contributed by atoms with E-state index in [4.69, 9.17) is 34.8 Å². The predicted octanol–water partition coefficient (Wildman–Crippen LogP) is 6.26. The first-order chi connectivity index (χ1) is 13.0. The first kappa shape index (κ1) is 17.9. The molecule has 0 saturated carbocycles. The van der Waals surface area contributed by atoms with Crippen molar-refractivity contribution >= 4 is 34.8 Å². The molecule has 4 rings (SSSR count). The van der Waals surface area contributed by atoms with E-state index in [2.05, 4.69) is 0 Å². The lowest BCUT2D eigenvalue weighted by molar-refractivity contribution is 0.911. The fourth-order valence-corrected chi connectivity index (χ4v) is 3.37. The van der Waals surface area contributed by atoms with E-state index in [1.54, 1.807) is 57.8 Å². The lowest BCUT2D eigenvalue weighted by Crippen LogP contribution is -2.22. The first-order valence-electron chi connectivity index (χ1n) is 8.15. The van der Waals surface area contributed by atoms with E-state index in [1.165, 1.54) is 0 Å². The van der Waals surface area contributed by atoms with Gasteiger partial charge < -0.3 is 0 Å². The molecule has 0 aliphatic rings. The highest BCUT2D eigenvalue weighted by molar-refractivity contribution is 6.31. The summed E-state index contributed by atoms with van der Waals surface area (Å²) in [4.78, 5) is 13.2. The number of hydrogen-bond donors (Lipinski definition) is 0. The van der Waals surface area contributed by atoms with E-state index in [-0.39, 0.29) is 5.69 Å². The average molecular weight is 416 g/mol. The van der Waals surface area contributed by atoms with Crippen molar-refractivity contribution in [2.45, 2.75) is 0 Å². The van der Waals surface area contributed by atoms with Crippen LogP contribution in [0.25, 0.3) is 22.6 Å². The van der Waals surface area contributed by atoms with E-state index in [0.29, 0.717) is 20.8 Å². The monoisotopic (exact) mass is 414 g/mol. The van der Waals surface area contributed by atoms with Crippen molar-refractivity contribution < 1.29 is 0 Å². The smallest absolute Gasteiger partial charge is 0.267 e. The molecule has 134 valence electrons. The summed E-state index contributed by atoms with van der Waals surface area (Å²) in [5.41, 5.74) is 2.80. The van der Waals surface area contributed by atoms with E-state index in [9.17, 15) is 4.79 Å². The van der Waals surface area contributed by atoms with E-state index < -0.39 is 0 Å². The van der Waals surface area contributed by atoms with Gasteiger partial charge in [-0.2, -0.15) is 0 Å². The third kappa shape index (κ3) is 3.54. The summed E-state index contributed by atoms with van der Waals surface area (Å²) in [5, 5.41) is 1.81. The van der Waals surface area contributed by atoms with Crippen LogP contribution in [-0.2, 0) is 0 Å². The molecule has 3 nitrogen and oxygen atoms in total. The molecule has 27 heavy (non-hydrogen) atoms. The second-order valence-corrected chi connectivity index (χ2v) is 7.27. The van der Waals surface area contributed by atoms with Gasteiger partial charge in [0.15, 0.2) is 0 Å². The Kier molecular flexibility index (Phi) is 4.83. The minimum absolute atomic E-state index is 0.199. The normalized spacial score (nSPS) is 10.9. The number of hydrogen-bond acceptors (Lipinski definition) is 1. The van der Waals surface area contributed by atoms with Crippen molar-refractivity contribution in [3.8, 4) is 22.6 Å². The Morgan fingerprint density at radius 2 is 1.26 bits per heavy atom. The van der Waals surface area contributed by atoms with E-state index >= 15 is 0 Å². The Hall–Kier alpha value is -2.46. The highest BCUT2D eigenvalue weighted by atomic mass is 35.5. The van der Waals surface area contributed by atoms with Crippen LogP contribution >= 0.6 is 34.8 Å². The molecule has 1 heterocycles. The summed E-state index contributed by atoms with van der Waals surface area (Å²) in [6.07, 6.45) is 1.80. The fraction of sp³-hybridized carbons (Fsp3) is 0. The zero-order valence-corrected chi connectivity index (χ0v) is 16.2. The Labute approximate surface area is 171 Å². The molecule has 0 N–H and O–H groups in total. The van der Waals surface area contributed by atoms with Gasteiger partial charge in [-0.1, -0.05) is 46.9 Å². The quantitative estimate of drug-likeness (QED) is 0.388. The molecule has 0 unspecified atom stereocenters. The van der Waals surface area contributed by atoms with Crippen molar-refractivity contribution in [3.05, 3.63) is 105 Å². The van der Waals surface area contributed by atoms with Crippen molar-refractivity contribution in [1.82, 2.24) is 9.13 Å². The summed E-state index contributed by atoms with van der Waals surface area (Å²) >= 11 is 18.2. The van der Waals surface area contributed by atoms with Crippen LogP contribution in [0.15, 0.2) is 83.8 Å². The number of imidazole rings is 1. The molecule has 0 radical (unpaired) electrons. The maximum absolute atomic E-state index is 13.2. The summed E-state index contributed by atoms with van der Waals surface area (Å²) in [5.74, 6) is 0. The average Bonchev–Trinajstić information content (AvgIpc) is 3.00. The van der Waals surface area contributed by atoms with Crippen LogP contribution < -0.4 is 5.69 Å². The van der Waals surface area contributed by atoms with Crippen LogP contribution in [0.3, 0.4) is 0 Å². The molecule has 0 fully saturated rings. The maximum atomic E-state index is 13.2. The Morgan fingerprint density at radius 1 is 0.667 bits per heavy atom. The molecule has 0 amide bonds. The molecule has 0 saturated heterocycles. The van der Waals surface area contributed by atoms with E-state index in [0.717, 1.165) is 16.9 Å². The van der Waals surface area contributed by atoms with Crippen molar-refractivity contribution in [3.63, 3.8) is 0 Å². The summed E-state index contributed by atoms with van der Waals surface area (Å²) in [6, 6.07) is 21.6. The van der Waals surface area contributed by atoms with Gasteiger partial charge >= 0.3 is 5.69 Å². The molecule has 0 aliphatic carbocycles. The minimum atomic E-state index is -0.199. The van der Waals surface area contributed by atoms with Crippen LogP contribution in [0, 0.1) is 0 Å². The van der Waals surface area contributed by atoms with Gasteiger partial charge in [0.2, 0.25) is 0 Å². The maximum Gasteiger partial charge on any atom is 0.337 e.